The molecule has 1 aliphatic carbocycles. The zero-order valence-electron chi connectivity index (χ0n) is 12.8. The van der Waals surface area contributed by atoms with Crippen molar-refractivity contribution in [2.45, 2.75) is 51.6 Å². The molecule has 0 atom stereocenters. The minimum absolute atomic E-state index is 0.676. The predicted molar refractivity (Wildman–Crippen MR) is 86.4 cm³/mol. The lowest BCUT2D eigenvalue weighted by Crippen LogP contribution is -2.32. The number of hydrogen-bond donors (Lipinski definition) is 1. The van der Waals surface area contributed by atoms with Crippen molar-refractivity contribution in [1.82, 2.24) is 15.1 Å². The van der Waals surface area contributed by atoms with E-state index in [0.29, 0.717) is 6.04 Å². The van der Waals surface area contributed by atoms with Crippen molar-refractivity contribution < 1.29 is 0 Å². The molecule has 1 aromatic heterocycles. The molecule has 0 amide bonds. The average molecular weight is 283 g/mol. The van der Waals surface area contributed by atoms with E-state index in [1.165, 1.54) is 32.1 Å². The van der Waals surface area contributed by atoms with Gasteiger partial charge in [-0.15, -0.1) is 0 Å². The molecule has 0 spiro atoms. The number of nitrogens with one attached hydrogen (secondary N) is 1. The molecule has 1 aromatic carbocycles. The maximum Gasteiger partial charge on any atom is 0.0766 e. The molecule has 3 nitrogen and oxygen atoms in total. The molecule has 1 N–H and O–H groups in total. The van der Waals surface area contributed by atoms with Gasteiger partial charge in [0, 0.05) is 18.8 Å². The van der Waals surface area contributed by atoms with Gasteiger partial charge in [-0.25, -0.2) is 4.68 Å². The van der Waals surface area contributed by atoms with Crippen LogP contribution < -0.4 is 5.32 Å². The van der Waals surface area contributed by atoms with Gasteiger partial charge in [-0.3, -0.25) is 0 Å². The van der Waals surface area contributed by atoms with Crippen LogP contribution >= 0.6 is 0 Å². The standard InChI is InChI=1S/C18H25N3/c1-2-15-8-10-16(11-9-15)19-14-17-12-13-21(20-17)18-6-4-3-5-7-18/h3-7,12-13,15-16,19H,2,8-11,14H2,1H3. The van der Waals surface area contributed by atoms with Gasteiger partial charge >= 0.3 is 0 Å². The van der Waals surface area contributed by atoms with E-state index >= 15 is 0 Å². The van der Waals surface area contributed by atoms with Crippen LogP contribution in [0.2, 0.25) is 0 Å². The number of rotatable bonds is 5. The van der Waals surface area contributed by atoms with Crippen molar-refractivity contribution in [3.63, 3.8) is 0 Å². The van der Waals surface area contributed by atoms with Crippen LogP contribution in [0.3, 0.4) is 0 Å². The molecule has 1 aliphatic rings. The molecule has 112 valence electrons. The molecule has 3 heteroatoms. The first kappa shape index (κ1) is 14.3. The third-order valence-corrected chi connectivity index (χ3v) is 4.66. The molecule has 2 aromatic rings. The Bertz CT molecular complexity index is 539. The summed E-state index contributed by atoms with van der Waals surface area (Å²) < 4.78 is 1.95. The lowest BCUT2D eigenvalue weighted by molar-refractivity contribution is 0.284. The zero-order chi connectivity index (χ0) is 14.5. The Morgan fingerprint density at radius 2 is 1.86 bits per heavy atom. The minimum atomic E-state index is 0.676. The van der Waals surface area contributed by atoms with E-state index in [9.17, 15) is 0 Å². The van der Waals surface area contributed by atoms with E-state index in [1.807, 2.05) is 29.1 Å². The predicted octanol–water partition coefficient (Wildman–Crippen LogP) is 3.93. The van der Waals surface area contributed by atoms with Crippen LogP contribution in [-0.2, 0) is 6.54 Å². The zero-order valence-corrected chi connectivity index (χ0v) is 12.8. The van der Waals surface area contributed by atoms with Crippen LogP contribution in [0.1, 0.15) is 44.7 Å². The van der Waals surface area contributed by atoms with Gasteiger partial charge < -0.3 is 5.32 Å². The second-order valence-corrected chi connectivity index (χ2v) is 6.09. The Balaban J connectivity index is 1.52. The maximum atomic E-state index is 4.65. The van der Waals surface area contributed by atoms with Gasteiger partial charge in [-0.05, 0) is 49.8 Å². The number of nitrogens with zero attached hydrogens (tertiary/aromatic N) is 2. The van der Waals surface area contributed by atoms with Gasteiger partial charge in [0.05, 0.1) is 11.4 Å². The minimum Gasteiger partial charge on any atom is -0.308 e. The second-order valence-electron chi connectivity index (χ2n) is 6.09. The van der Waals surface area contributed by atoms with Crippen molar-refractivity contribution in [1.29, 1.82) is 0 Å². The highest BCUT2D eigenvalue weighted by Gasteiger charge is 2.19. The normalized spacial score (nSPS) is 22.3. The Morgan fingerprint density at radius 1 is 1.10 bits per heavy atom. The quantitative estimate of drug-likeness (QED) is 0.901. The summed E-state index contributed by atoms with van der Waals surface area (Å²) in [6.07, 6.45) is 8.78. The molecule has 3 rings (SSSR count). The number of para-hydroxylation sites is 1. The van der Waals surface area contributed by atoms with Crippen LogP contribution in [-0.4, -0.2) is 15.8 Å². The fraction of sp³-hybridized carbons (Fsp3) is 0.500. The van der Waals surface area contributed by atoms with Gasteiger partial charge in [0.2, 0.25) is 0 Å². The summed E-state index contributed by atoms with van der Waals surface area (Å²) in [7, 11) is 0. The van der Waals surface area contributed by atoms with E-state index in [-0.39, 0.29) is 0 Å². The van der Waals surface area contributed by atoms with Gasteiger partial charge in [0.15, 0.2) is 0 Å². The van der Waals surface area contributed by atoms with E-state index < -0.39 is 0 Å². The Hall–Kier alpha value is -1.61. The molecule has 21 heavy (non-hydrogen) atoms. The van der Waals surface area contributed by atoms with E-state index in [4.69, 9.17) is 0 Å². The Morgan fingerprint density at radius 3 is 2.57 bits per heavy atom. The first-order chi connectivity index (χ1) is 10.3. The summed E-state index contributed by atoms with van der Waals surface area (Å²) in [6, 6.07) is 13.1. The molecule has 0 radical (unpaired) electrons. The number of hydrogen-bond acceptors (Lipinski definition) is 2. The average Bonchev–Trinajstić information content (AvgIpc) is 3.03. The van der Waals surface area contributed by atoms with Crippen LogP contribution in [0.4, 0.5) is 0 Å². The van der Waals surface area contributed by atoms with Crippen molar-refractivity contribution in [2.75, 3.05) is 0 Å². The van der Waals surface area contributed by atoms with Crippen LogP contribution in [0.25, 0.3) is 5.69 Å². The van der Waals surface area contributed by atoms with Crippen molar-refractivity contribution >= 4 is 0 Å². The molecule has 1 saturated carbocycles. The first-order valence-electron chi connectivity index (χ1n) is 8.18. The lowest BCUT2D eigenvalue weighted by Gasteiger charge is -2.28. The largest absolute Gasteiger partial charge is 0.308 e. The smallest absolute Gasteiger partial charge is 0.0766 e. The summed E-state index contributed by atoms with van der Waals surface area (Å²) >= 11 is 0. The highest BCUT2D eigenvalue weighted by molar-refractivity contribution is 5.30. The molecule has 0 aliphatic heterocycles. The highest BCUT2D eigenvalue weighted by Crippen LogP contribution is 2.26. The first-order valence-corrected chi connectivity index (χ1v) is 8.18. The molecule has 1 heterocycles. The summed E-state index contributed by atoms with van der Waals surface area (Å²) in [5, 5.41) is 8.32. The Labute approximate surface area is 127 Å². The van der Waals surface area contributed by atoms with Crippen molar-refractivity contribution in [2.24, 2.45) is 5.92 Å². The SMILES string of the molecule is CCC1CCC(NCc2ccn(-c3ccccc3)n2)CC1. The monoisotopic (exact) mass is 283 g/mol. The van der Waals surface area contributed by atoms with E-state index in [2.05, 4.69) is 35.5 Å². The molecular formula is C18H25N3. The van der Waals surface area contributed by atoms with E-state index in [0.717, 1.165) is 23.8 Å². The van der Waals surface area contributed by atoms with Gasteiger partial charge in [0.1, 0.15) is 0 Å². The van der Waals surface area contributed by atoms with Crippen LogP contribution in [0.5, 0.6) is 0 Å². The van der Waals surface area contributed by atoms with Crippen LogP contribution in [0, 0.1) is 5.92 Å². The summed E-state index contributed by atoms with van der Waals surface area (Å²) in [4.78, 5) is 0. The third kappa shape index (κ3) is 3.73. The third-order valence-electron chi connectivity index (χ3n) is 4.66. The summed E-state index contributed by atoms with van der Waals surface area (Å²) in [5.74, 6) is 0.959. The van der Waals surface area contributed by atoms with Crippen LogP contribution in [0.15, 0.2) is 42.6 Å². The highest BCUT2D eigenvalue weighted by atomic mass is 15.3. The van der Waals surface area contributed by atoms with E-state index in [1.54, 1.807) is 0 Å². The molecule has 0 bridgehead atoms. The lowest BCUT2D eigenvalue weighted by atomic mass is 9.84. The molecule has 0 saturated heterocycles. The fourth-order valence-electron chi connectivity index (χ4n) is 3.20. The molecular weight excluding hydrogens is 258 g/mol. The molecule has 0 unspecified atom stereocenters. The maximum absolute atomic E-state index is 4.65. The second kappa shape index (κ2) is 6.90. The van der Waals surface area contributed by atoms with Gasteiger partial charge in [0.25, 0.3) is 0 Å². The summed E-state index contributed by atoms with van der Waals surface area (Å²) in [6.45, 7) is 3.19. The van der Waals surface area contributed by atoms with Gasteiger partial charge in [-0.2, -0.15) is 5.10 Å². The topological polar surface area (TPSA) is 29.9 Å². The Kier molecular flexibility index (Phi) is 4.71. The molecule has 1 fully saturated rings. The van der Waals surface area contributed by atoms with Crippen molar-refractivity contribution in [3.8, 4) is 5.69 Å². The number of aromatic nitrogens is 2. The number of benzene rings is 1. The fourth-order valence-corrected chi connectivity index (χ4v) is 3.20. The van der Waals surface area contributed by atoms with Crippen molar-refractivity contribution in [3.05, 3.63) is 48.3 Å². The summed E-state index contributed by atoms with van der Waals surface area (Å²) in [5.41, 5.74) is 2.24. The van der Waals surface area contributed by atoms with Gasteiger partial charge in [-0.1, -0.05) is 31.5 Å².